The van der Waals surface area contributed by atoms with Crippen LogP contribution in [0.2, 0.25) is 0 Å². The lowest BCUT2D eigenvalue weighted by Gasteiger charge is -2.39. The van der Waals surface area contributed by atoms with Gasteiger partial charge in [0, 0.05) is 44.4 Å². The maximum absolute atomic E-state index is 16.6. The molecule has 2 aromatic heterocycles. The highest BCUT2D eigenvalue weighted by atomic mass is 19.1. The van der Waals surface area contributed by atoms with E-state index in [1.54, 1.807) is 12.3 Å². The average Bonchev–Trinajstić information content (AvgIpc) is 3.55. The molecule has 11 heteroatoms. The number of piperidine rings is 1. The van der Waals surface area contributed by atoms with Gasteiger partial charge in [0.1, 0.15) is 35.6 Å². The van der Waals surface area contributed by atoms with Crippen molar-refractivity contribution in [3.8, 4) is 23.0 Å². The van der Waals surface area contributed by atoms with E-state index in [9.17, 15) is 19.7 Å². The van der Waals surface area contributed by atoms with Gasteiger partial charge in [0.15, 0.2) is 5.82 Å². The fraction of sp³-hybridized carbons (Fsp3) is 0.485. The van der Waals surface area contributed by atoms with E-state index in [2.05, 4.69) is 14.9 Å². The van der Waals surface area contributed by atoms with E-state index in [-0.39, 0.29) is 36.2 Å². The summed E-state index contributed by atoms with van der Waals surface area (Å²) in [6.45, 7) is 2.37. The number of fused-ring (bicyclic) bond motifs is 3. The van der Waals surface area contributed by atoms with Gasteiger partial charge in [0.2, 0.25) is 0 Å². The van der Waals surface area contributed by atoms with E-state index in [4.69, 9.17) is 9.72 Å². The summed E-state index contributed by atoms with van der Waals surface area (Å²) in [6, 6.07) is 10.5. The summed E-state index contributed by atoms with van der Waals surface area (Å²) in [5, 5.41) is 32.6. The van der Waals surface area contributed by atoms with Crippen molar-refractivity contribution in [2.75, 3.05) is 44.3 Å². The first kappa shape index (κ1) is 29.1. The van der Waals surface area contributed by atoms with E-state index in [0.717, 1.165) is 30.2 Å². The molecule has 3 N–H and O–H groups in total. The lowest BCUT2D eigenvalue weighted by molar-refractivity contribution is 0.00252. The number of rotatable bonds is 8. The number of aliphatic hydroxyl groups is 2. The van der Waals surface area contributed by atoms with Crippen LogP contribution < -0.4 is 9.64 Å². The maximum atomic E-state index is 16.6. The summed E-state index contributed by atoms with van der Waals surface area (Å²) in [6.07, 6.45) is 4.77. The summed E-state index contributed by atoms with van der Waals surface area (Å²) in [7, 11) is 0. The number of aliphatic hydroxyl groups excluding tert-OH is 1. The number of ether oxygens (including phenoxy) is 1. The zero-order valence-corrected chi connectivity index (χ0v) is 24.6. The van der Waals surface area contributed by atoms with Gasteiger partial charge in [0.05, 0.1) is 16.5 Å². The van der Waals surface area contributed by atoms with Crippen molar-refractivity contribution in [2.45, 2.75) is 62.3 Å². The van der Waals surface area contributed by atoms with Crippen molar-refractivity contribution in [1.82, 2.24) is 19.9 Å². The van der Waals surface area contributed by atoms with Crippen LogP contribution >= 0.6 is 0 Å². The molecular formula is C33H37F2N5O4. The second-order valence-electron chi connectivity index (χ2n) is 12.6. The van der Waals surface area contributed by atoms with Crippen molar-refractivity contribution >= 4 is 27.5 Å². The molecule has 0 aliphatic carbocycles. The minimum Gasteiger partial charge on any atom is -0.508 e. The summed E-state index contributed by atoms with van der Waals surface area (Å²) < 4.78 is 37.2. The van der Waals surface area contributed by atoms with Crippen molar-refractivity contribution < 1.29 is 28.8 Å². The number of phenolic OH excluding ortho intramolecular Hbond substituents is 1. The minimum absolute atomic E-state index is 0.00231. The van der Waals surface area contributed by atoms with E-state index in [1.165, 1.54) is 6.07 Å². The van der Waals surface area contributed by atoms with Crippen molar-refractivity contribution in [3.05, 3.63) is 48.4 Å². The Balaban J connectivity index is 1.29. The molecule has 9 nitrogen and oxygen atoms in total. The normalized spacial score (nSPS) is 23.5. The van der Waals surface area contributed by atoms with Gasteiger partial charge in [-0.2, -0.15) is 9.97 Å². The van der Waals surface area contributed by atoms with Gasteiger partial charge >= 0.3 is 6.01 Å². The molecule has 4 aromatic rings. The lowest BCUT2D eigenvalue weighted by atomic mass is 9.87. The molecule has 0 amide bonds. The number of phenols is 1. The Bertz CT molecular complexity index is 1700. The summed E-state index contributed by atoms with van der Waals surface area (Å²) >= 11 is 0. The van der Waals surface area contributed by atoms with Crippen LogP contribution in [0.1, 0.15) is 44.9 Å². The Labute approximate surface area is 254 Å². The first-order valence-corrected chi connectivity index (χ1v) is 15.5. The van der Waals surface area contributed by atoms with Crippen LogP contribution in [0.3, 0.4) is 0 Å². The van der Waals surface area contributed by atoms with Crippen molar-refractivity contribution in [3.63, 3.8) is 0 Å². The van der Waals surface area contributed by atoms with Gasteiger partial charge in [-0.1, -0.05) is 24.3 Å². The van der Waals surface area contributed by atoms with E-state index < -0.39 is 23.1 Å². The molecule has 7 rings (SSSR count). The summed E-state index contributed by atoms with van der Waals surface area (Å²) in [5.74, 6) is -0.199. The summed E-state index contributed by atoms with van der Waals surface area (Å²) in [5.41, 5.74) is -0.776. The van der Waals surface area contributed by atoms with Crippen molar-refractivity contribution in [1.29, 1.82) is 0 Å². The Morgan fingerprint density at radius 2 is 1.86 bits per heavy atom. The largest absolute Gasteiger partial charge is 0.508 e. The molecule has 3 aliphatic heterocycles. The van der Waals surface area contributed by atoms with Gasteiger partial charge in [-0.25, -0.2) is 8.78 Å². The van der Waals surface area contributed by atoms with Gasteiger partial charge < -0.3 is 25.0 Å². The molecule has 0 spiro atoms. The molecule has 3 aliphatic rings. The smallest absolute Gasteiger partial charge is 0.319 e. The monoisotopic (exact) mass is 605 g/mol. The number of hydrogen-bond donors (Lipinski definition) is 3. The topological polar surface area (TPSA) is 115 Å². The standard InChI is InChI=1S/C33H37F2N5O4/c34-22-17-32(7-3-11-40(32)19-22)20-44-31-37-29-26(30(38-31)39-12-9-33(43,10-13-39)8-4-14-41)18-36-28(27(29)35)25-16-23(42)15-21-5-1-2-6-24(21)25/h1-2,5-6,15-16,18,22,41-43H,3-4,7-14,17,19-20H2/t22-,32+/m1/s1. The van der Waals surface area contributed by atoms with E-state index in [0.29, 0.717) is 68.5 Å². The predicted molar refractivity (Wildman–Crippen MR) is 163 cm³/mol. The van der Waals surface area contributed by atoms with Gasteiger partial charge in [-0.15, -0.1) is 0 Å². The number of aromatic nitrogens is 3. The molecule has 0 bridgehead atoms. The fourth-order valence-electron chi connectivity index (χ4n) is 7.45. The number of anilines is 1. The second kappa shape index (κ2) is 11.4. The molecule has 2 atom stereocenters. The zero-order chi connectivity index (χ0) is 30.5. The Hall–Kier alpha value is -3.67. The Morgan fingerprint density at radius 3 is 2.68 bits per heavy atom. The fourth-order valence-corrected chi connectivity index (χ4v) is 7.45. The van der Waals surface area contributed by atoms with E-state index >= 15 is 4.39 Å². The molecule has 0 saturated carbocycles. The van der Waals surface area contributed by atoms with Crippen LogP contribution in [-0.4, -0.2) is 91.9 Å². The Kier molecular flexibility index (Phi) is 7.50. The molecule has 3 fully saturated rings. The highest BCUT2D eigenvalue weighted by Gasteiger charge is 2.49. The van der Waals surface area contributed by atoms with Gasteiger partial charge in [-0.05, 0) is 68.0 Å². The summed E-state index contributed by atoms with van der Waals surface area (Å²) in [4.78, 5) is 18.0. The van der Waals surface area contributed by atoms with Crippen molar-refractivity contribution in [2.24, 2.45) is 0 Å². The molecule has 5 heterocycles. The molecule has 232 valence electrons. The molecular weight excluding hydrogens is 568 g/mol. The molecule has 0 radical (unpaired) electrons. The predicted octanol–water partition coefficient (Wildman–Crippen LogP) is 4.75. The first-order valence-electron chi connectivity index (χ1n) is 15.5. The third-order valence-corrected chi connectivity index (χ3v) is 9.77. The first-order chi connectivity index (χ1) is 21.3. The highest BCUT2D eigenvalue weighted by Crippen LogP contribution is 2.41. The molecule has 0 unspecified atom stereocenters. The highest BCUT2D eigenvalue weighted by molar-refractivity contribution is 5.99. The number of alkyl halides is 1. The van der Waals surface area contributed by atoms with Crippen LogP contribution in [-0.2, 0) is 0 Å². The average molecular weight is 606 g/mol. The van der Waals surface area contributed by atoms with Crippen LogP contribution in [0.4, 0.5) is 14.6 Å². The minimum atomic E-state index is -0.909. The number of nitrogens with zero attached hydrogens (tertiary/aromatic N) is 5. The number of hydrogen-bond acceptors (Lipinski definition) is 9. The second-order valence-corrected chi connectivity index (χ2v) is 12.6. The maximum Gasteiger partial charge on any atom is 0.319 e. The SMILES string of the molecule is OCCCC1(O)CCN(c2nc(OC[C@@]34CCCN3C[C@H](F)C4)nc3c(F)c(-c4cc(O)cc5ccccc45)ncc23)CC1. The van der Waals surface area contributed by atoms with Crippen LogP contribution in [0, 0.1) is 5.82 Å². The van der Waals surface area contributed by atoms with Gasteiger partial charge in [-0.3, -0.25) is 9.88 Å². The quantitative estimate of drug-likeness (QED) is 0.262. The van der Waals surface area contributed by atoms with E-state index in [1.807, 2.05) is 29.2 Å². The third kappa shape index (κ3) is 5.20. The number of pyridine rings is 1. The number of benzene rings is 2. The molecule has 44 heavy (non-hydrogen) atoms. The van der Waals surface area contributed by atoms with Crippen LogP contribution in [0.5, 0.6) is 11.8 Å². The number of aromatic hydroxyl groups is 1. The van der Waals surface area contributed by atoms with Crippen LogP contribution in [0.15, 0.2) is 42.6 Å². The Morgan fingerprint density at radius 1 is 1.05 bits per heavy atom. The van der Waals surface area contributed by atoms with Crippen LogP contribution in [0.25, 0.3) is 32.9 Å². The zero-order valence-electron chi connectivity index (χ0n) is 24.6. The lowest BCUT2D eigenvalue weighted by Crippen LogP contribution is -2.45. The molecule has 2 aromatic carbocycles. The van der Waals surface area contributed by atoms with Gasteiger partial charge in [0.25, 0.3) is 0 Å². The molecule has 3 saturated heterocycles. The third-order valence-electron chi connectivity index (χ3n) is 9.77. The number of halogens is 2.